The van der Waals surface area contributed by atoms with Crippen molar-refractivity contribution < 1.29 is 5.11 Å². The molecule has 1 atom stereocenters. The van der Waals surface area contributed by atoms with Crippen LogP contribution in [0.15, 0.2) is 24.3 Å². The van der Waals surface area contributed by atoms with Crippen LogP contribution >= 0.6 is 0 Å². The zero-order valence-electron chi connectivity index (χ0n) is 10.7. The summed E-state index contributed by atoms with van der Waals surface area (Å²) in [5.74, 6) is 0.242. The molecule has 0 radical (unpaired) electrons. The Morgan fingerprint density at radius 3 is 2.33 bits per heavy atom. The molecular weight excluding hydrogens is 226 g/mol. The Balaban J connectivity index is 2.06. The van der Waals surface area contributed by atoms with Gasteiger partial charge in [0.15, 0.2) is 0 Å². The Morgan fingerprint density at radius 1 is 1.22 bits per heavy atom. The van der Waals surface area contributed by atoms with E-state index in [9.17, 15) is 10.4 Å². The molecule has 4 heteroatoms. The third-order valence-electron chi connectivity index (χ3n) is 3.55. The maximum absolute atomic E-state index is 9.36. The van der Waals surface area contributed by atoms with E-state index in [1.54, 1.807) is 12.1 Å². The molecule has 0 aliphatic carbocycles. The van der Waals surface area contributed by atoms with Crippen LogP contribution in [0, 0.1) is 11.3 Å². The first kappa shape index (κ1) is 12.9. The third kappa shape index (κ3) is 2.81. The largest absolute Gasteiger partial charge is 0.508 e. The predicted molar refractivity (Wildman–Crippen MR) is 70.1 cm³/mol. The normalized spacial score (nSPS) is 19.3. The minimum Gasteiger partial charge on any atom is -0.508 e. The van der Waals surface area contributed by atoms with Gasteiger partial charge in [-0.3, -0.25) is 4.90 Å². The molecule has 0 bridgehead atoms. The van der Waals surface area contributed by atoms with Gasteiger partial charge < -0.3 is 10.0 Å². The molecule has 1 saturated heterocycles. The number of aromatic hydroxyl groups is 1. The van der Waals surface area contributed by atoms with Gasteiger partial charge in [0.1, 0.15) is 11.8 Å². The maximum atomic E-state index is 9.36. The molecule has 0 aromatic heterocycles. The van der Waals surface area contributed by atoms with Crippen LogP contribution in [0.5, 0.6) is 5.75 Å². The lowest BCUT2D eigenvalue weighted by Crippen LogP contribution is -2.47. The van der Waals surface area contributed by atoms with E-state index in [4.69, 9.17) is 0 Å². The topological polar surface area (TPSA) is 50.5 Å². The van der Waals surface area contributed by atoms with E-state index >= 15 is 0 Å². The monoisotopic (exact) mass is 245 g/mol. The van der Waals surface area contributed by atoms with Crippen LogP contribution in [0.25, 0.3) is 0 Å². The van der Waals surface area contributed by atoms with Crippen molar-refractivity contribution in [2.45, 2.75) is 13.0 Å². The van der Waals surface area contributed by atoms with Gasteiger partial charge in [-0.2, -0.15) is 5.26 Å². The number of phenolic OH excluding ortho intramolecular Hbond substituents is 1. The van der Waals surface area contributed by atoms with E-state index in [1.165, 1.54) is 0 Å². The van der Waals surface area contributed by atoms with Gasteiger partial charge in [-0.25, -0.2) is 0 Å². The highest BCUT2D eigenvalue weighted by molar-refractivity contribution is 5.30. The van der Waals surface area contributed by atoms with Gasteiger partial charge in [0.25, 0.3) is 0 Å². The van der Waals surface area contributed by atoms with Crippen molar-refractivity contribution in [3.05, 3.63) is 29.8 Å². The fourth-order valence-electron chi connectivity index (χ4n) is 2.36. The van der Waals surface area contributed by atoms with Crippen LogP contribution in [0.1, 0.15) is 18.5 Å². The van der Waals surface area contributed by atoms with Crippen molar-refractivity contribution in [2.75, 3.05) is 32.7 Å². The van der Waals surface area contributed by atoms with E-state index in [2.05, 4.69) is 22.8 Å². The van der Waals surface area contributed by atoms with Crippen molar-refractivity contribution in [1.29, 1.82) is 5.26 Å². The number of phenols is 1. The molecule has 96 valence electrons. The van der Waals surface area contributed by atoms with E-state index in [1.807, 2.05) is 12.1 Å². The summed E-state index contributed by atoms with van der Waals surface area (Å²) in [6.45, 7) is 7.13. The Hall–Kier alpha value is -1.57. The first-order valence-corrected chi connectivity index (χ1v) is 6.39. The molecule has 1 aromatic carbocycles. The van der Waals surface area contributed by atoms with Crippen LogP contribution < -0.4 is 0 Å². The lowest BCUT2D eigenvalue weighted by molar-refractivity contribution is 0.118. The van der Waals surface area contributed by atoms with E-state index in [0.29, 0.717) is 0 Å². The number of rotatable bonds is 3. The quantitative estimate of drug-likeness (QED) is 0.878. The fraction of sp³-hybridized carbons (Fsp3) is 0.500. The van der Waals surface area contributed by atoms with Crippen LogP contribution in [-0.2, 0) is 0 Å². The molecule has 0 spiro atoms. The van der Waals surface area contributed by atoms with E-state index < -0.39 is 0 Å². The fourth-order valence-corrected chi connectivity index (χ4v) is 2.36. The van der Waals surface area contributed by atoms with Gasteiger partial charge in [0, 0.05) is 26.2 Å². The molecule has 1 aromatic rings. The van der Waals surface area contributed by atoms with Crippen LogP contribution in [-0.4, -0.2) is 47.6 Å². The summed E-state index contributed by atoms with van der Waals surface area (Å²) in [7, 11) is 0. The average molecular weight is 245 g/mol. The first-order valence-electron chi connectivity index (χ1n) is 6.39. The maximum Gasteiger partial charge on any atom is 0.123 e. The number of nitrogens with zero attached hydrogens (tertiary/aromatic N) is 3. The molecule has 1 unspecified atom stereocenters. The summed E-state index contributed by atoms with van der Waals surface area (Å²) in [5.41, 5.74) is 0.959. The average Bonchev–Trinajstić information content (AvgIpc) is 2.42. The van der Waals surface area contributed by atoms with Crippen molar-refractivity contribution in [3.63, 3.8) is 0 Å². The first-order chi connectivity index (χ1) is 8.74. The summed E-state index contributed by atoms with van der Waals surface area (Å²) in [6.07, 6.45) is 0. The number of piperazine rings is 1. The SMILES string of the molecule is CCN1CCN(C(C#N)c2ccc(O)cc2)CC1. The second kappa shape index (κ2) is 5.85. The van der Waals surface area contributed by atoms with Gasteiger partial charge >= 0.3 is 0 Å². The summed E-state index contributed by atoms with van der Waals surface area (Å²) < 4.78 is 0. The van der Waals surface area contributed by atoms with Crippen LogP contribution in [0.4, 0.5) is 0 Å². The van der Waals surface area contributed by atoms with Crippen LogP contribution in [0.3, 0.4) is 0 Å². The number of likely N-dealkylation sites (N-methyl/N-ethyl adjacent to an activating group) is 1. The number of hydrogen-bond donors (Lipinski definition) is 1. The van der Waals surface area contributed by atoms with Crippen molar-refractivity contribution in [1.82, 2.24) is 9.80 Å². The molecule has 1 fully saturated rings. The number of hydrogen-bond acceptors (Lipinski definition) is 4. The van der Waals surface area contributed by atoms with Crippen molar-refractivity contribution >= 4 is 0 Å². The Kier molecular flexibility index (Phi) is 4.19. The second-order valence-electron chi connectivity index (χ2n) is 4.59. The molecule has 1 aliphatic heterocycles. The van der Waals surface area contributed by atoms with Gasteiger partial charge in [-0.1, -0.05) is 19.1 Å². The molecule has 2 rings (SSSR count). The highest BCUT2D eigenvalue weighted by atomic mass is 16.3. The summed E-state index contributed by atoms with van der Waals surface area (Å²) in [4.78, 5) is 4.60. The summed E-state index contributed by atoms with van der Waals surface area (Å²) >= 11 is 0. The second-order valence-corrected chi connectivity index (χ2v) is 4.59. The molecule has 4 nitrogen and oxygen atoms in total. The Bertz CT molecular complexity index is 416. The standard InChI is InChI=1S/C14H19N3O/c1-2-16-7-9-17(10-8-16)14(11-15)12-3-5-13(18)6-4-12/h3-6,14,18H,2,7-10H2,1H3. The molecule has 0 saturated carbocycles. The van der Waals surface area contributed by atoms with Gasteiger partial charge in [-0.05, 0) is 24.2 Å². The zero-order valence-corrected chi connectivity index (χ0v) is 10.7. The molecule has 18 heavy (non-hydrogen) atoms. The van der Waals surface area contributed by atoms with E-state index in [-0.39, 0.29) is 11.8 Å². The zero-order chi connectivity index (χ0) is 13.0. The molecule has 1 N–H and O–H groups in total. The third-order valence-corrected chi connectivity index (χ3v) is 3.55. The molecule has 1 aliphatic rings. The van der Waals surface area contributed by atoms with Gasteiger partial charge in [0.2, 0.25) is 0 Å². The molecular formula is C14H19N3O. The lowest BCUT2D eigenvalue weighted by Gasteiger charge is -2.36. The highest BCUT2D eigenvalue weighted by Crippen LogP contribution is 2.23. The van der Waals surface area contributed by atoms with Crippen LogP contribution in [0.2, 0.25) is 0 Å². The Morgan fingerprint density at radius 2 is 1.83 bits per heavy atom. The van der Waals surface area contributed by atoms with Gasteiger partial charge in [0.05, 0.1) is 6.07 Å². The smallest absolute Gasteiger partial charge is 0.123 e. The molecule has 0 amide bonds. The minimum absolute atomic E-state index is 0.204. The Labute approximate surface area is 108 Å². The lowest BCUT2D eigenvalue weighted by atomic mass is 10.1. The highest BCUT2D eigenvalue weighted by Gasteiger charge is 2.24. The summed E-state index contributed by atoms with van der Waals surface area (Å²) in [6, 6.07) is 9.10. The minimum atomic E-state index is -0.204. The van der Waals surface area contributed by atoms with Crippen molar-refractivity contribution in [3.8, 4) is 11.8 Å². The van der Waals surface area contributed by atoms with Crippen molar-refractivity contribution in [2.24, 2.45) is 0 Å². The van der Waals surface area contributed by atoms with E-state index in [0.717, 1.165) is 38.3 Å². The van der Waals surface area contributed by atoms with Gasteiger partial charge in [-0.15, -0.1) is 0 Å². The predicted octanol–water partition coefficient (Wildman–Crippen LogP) is 1.59. The number of nitriles is 1. The summed E-state index contributed by atoms with van der Waals surface area (Å²) in [5, 5.41) is 18.6. The molecule has 1 heterocycles. The number of benzene rings is 1.